The Bertz CT molecular complexity index is 539. The Morgan fingerprint density at radius 2 is 1.50 bits per heavy atom. The minimum atomic E-state index is -0.0771. The Morgan fingerprint density at radius 3 is 1.83 bits per heavy atom. The van der Waals surface area contributed by atoms with Crippen molar-refractivity contribution in [3.63, 3.8) is 0 Å². The van der Waals surface area contributed by atoms with E-state index in [2.05, 4.69) is 24.1 Å². The van der Waals surface area contributed by atoms with Crippen LogP contribution in [0.4, 0.5) is 5.69 Å². The van der Waals surface area contributed by atoms with Crippen molar-refractivity contribution in [1.82, 2.24) is 0 Å². The molecule has 0 aromatic carbocycles. The van der Waals surface area contributed by atoms with Crippen LogP contribution in [0.3, 0.4) is 0 Å². The predicted octanol–water partition coefficient (Wildman–Crippen LogP) is 6.74. The first kappa shape index (κ1) is 30.8. The number of hydrogen-bond acceptors (Lipinski definition) is 4. The average Bonchev–Trinajstić information content (AvgIpc) is 3.21. The monoisotopic (exact) mass is 439 g/mol. The van der Waals surface area contributed by atoms with Crippen LogP contribution in [0.1, 0.15) is 108 Å². The van der Waals surface area contributed by atoms with Crippen molar-refractivity contribution >= 4 is 23.4 Å². The first-order valence-corrected chi connectivity index (χ1v) is 12.3. The van der Waals surface area contributed by atoms with Crippen molar-refractivity contribution in [3.05, 3.63) is 15.8 Å². The fourth-order valence-corrected chi connectivity index (χ4v) is 4.17. The molecule has 2 aliphatic carbocycles. The summed E-state index contributed by atoms with van der Waals surface area (Å²) in [7, 11) is 1.00. The van der Waals surface area contributed by atoms with Crippen molar-refractivity contribution in [2.45, 2.75) is 105 Å². The lowest BCUT2D eigenvalue weighted by Gasteiger charge is -2.15. The zero-order valence-corrected chi connectivity index (χ0v) is 20.7. The van der Waals surface area contributed by atoms with Gasteiger partial charge in [-0.3, -0.25) is 4.79 Å². The third kappa shape index (κ3) is 16.4. The summed E-state index contributed by atoms with van der Waals surface area (Å²) < 4.78 is 0. The topological polar surface area (TPSA) is 69.6 Å². The number of amides is 1. The summed E-state index contributed by atoms with van der Waals surface area (Å²) >= 11 is 1.38. The number of anilines is 1. The summed E-state index contributed by atoms with van der Waals surface area (Å²) in [6, 6.07) is 1.75. The van der Waals surface area contributed by atoms with Gasteiger partial charge in [0, 0.05) is 7.11 Å². The standard InChI is InChI=1S/C9H9NO2S.C7H14.C6H12.C2H6.CH4O/c1-2-3-7-4-8(10-6-12)9(5-11)13-7;1-7-5-3-2-4-6-7;1-2-4-6-5-3-1;2*1-2/h4,6,11H,5H2,1H3,(H,10,12);7H,2-6H2,1H3;1-6H2;1-2H3;2H,1H3. The van der Waals surface area contributed by atoms with Crippen LogP contribution in [-0.4, -0.2) is 23.7 Å². The minimum absolute atomic E-state index is 0.0771. The lowest BCUT2D eigenvalue weighted by Crippen LogP contribution is -1.99. The van der Waals surface area contributed by atoms with E-state index >= 15 is 0 Å². The molecule has 2 aliphatic rings. The molecule has 4 nitrogen and oxygen atoms in total. The summed E-state index contributed by atoms with van der Waals surface area (Å²) in [6.45, 7) is 8.02. The van der Waals surface area contributed by atoms with Crippen molar-refractivity contribution in [2.75, 3.05) is 12.4 Å². The smallest absolute Gasteiger partial charge is 0.211 e. The maximum atomic E-state index is 10.2. The van der Waals surface area contributed by atoms with Crippen LogP contribution in [-0.2, 0) is 11.4 Å². The molecular formula is C25H45NO3S. The molecule has 0 atom stereocenters. The van der Waals surface area contributed by atoms with Crippen LogP contribution in [0.5, 0.6) is 0 Å². The quantitative estimate of drug-likeness (QED) is 0.361. The highest BCUT2D eigenvalue weighted by Gasteiger charge is 2.06. The van der Waals surface area contributed by atoms with Crippen molar-refractivity contribution < 1.29 is 15.0 Å². The molecule has 30 heavy (non-hydrogen) atoms. The second-order valence-electron chi connectivity index (χ2n) is 7.11. The third-order valence-electron chi connectivity index (χ3n) is 4.81. The molecule has 1 heterocycles. The molecule has 0 radical (unpaired) electrons. The molecule has 0 saturated heterocycles. The highest BCUT2D eigenvalue weighted by Crippen LogP contribution is 2.26. The summed E-state index contributed by atoms with van der Waals surface area (Å²) in [5.74, 6) is 6.65. The van der Waals surface area contributed by atoms with Crippen LogP contribution in [0.25, 0.3) is 0 Å². The molecule has 174 valence electrons. The molecule has 3 N–H and O–H groups in total. The number of carbonyl (C=O) groups is 1. The molecule has 0 bridgehead atoms. The maximum absolute atomic E-state index is 10.2. The zero-order valence-electron chi connectivity index (χ0n) is 19.9. The molecule has 0 aliphatic heterocycles. The van der Waals surface area contributed by atoms with Crippen LogP contribution in [0.2, 0.25) is 0 Å². The normalized spacial score (nSPS) is 14.9. The van der Waals surface area contributed by atoms with Crippen molar-refractivity contribution in [1.29, 1.82) is 0 Å². The van der Waals surface area contributed by atoms with Crippen LogP contribution >= 0.6 is 11.3 Å². The SMILES string of the molecule is C1CCCCC1.CC.CC#Cc1cc(NC=O)c(CO)s1.CC1CCCCC1.CO. The van der Waals surface area contributed by atoms with E-state index in [1.807, 2.05) is 13.8 Å². The van der Waals surface area contributed by atoms with Gasteiger partial charge < -0.3 is 15.5 Å². The third-order valence-corrected chi connectivity index (χ3v) is 5.84. The van der Waals surface area contributed by atoms with Gasteiger partial charge in [-0.15, -0.1) is 17.3 Å². The van der Waals surface area contributed by atoms with E-state index < -0.39 is 0 Å². The zero-order chi connectivity index (χ0) is 23.0. The van der Waals surface area contributed by atoms with E-state index in [4.69, 9.17) is 10.2 Å². The predicted molar refractivity (Wildman–Crippen MR) is 132 cm³/mol. The summed E-state index contributed by atoms with van der Waals surface area (Å²) in [5, 5.41) is 18.4. The first-order valence-electron chi connectivity index (χ1n) is 11.5. The molecule has 1 aromatic rings. The summed E-state index contributed by atoms with van der Waals surface area (Å²) in [4.78, 5) is 11.8. The highest BCUT2D eigenvalue weighted by molar-refractivity contribution is 7.13. The number of hydrogen-bond donors (Lipinski definition) is 3. The summed E-state index contributed by atoms with van der Waals surface area (Å²) in [6.07, 6.45) is 17.0. The Hall–Kier alpha value is -1.35. The maximum Gasteiger partial charge on any atom is 0.211 e. The van der Waals surface area contributed by atoms with Crippen molar-refractivity contribution in [3.8, 4) is 11.8 Å². The summed E-state index contributed by atoms with van der Waals surface area (Å²) in [5.41, 5.74) is 0.639. The number of nitrogens with one attached hydrogen (secondary N) is 1. The number of rotatable bonds is 3. The number of carbonyl (C=O) groups excluding carboxylic acids is 1. The fourth-order valence-electron chi connectivity index (χ4n) is 3.28. The van der Waals surface area contributed by atoms with Crippen LogP contribution in [0.15, 0.2) is 6.07 Å². The molecule has 0 unspecified atom stereocenters. The molecule has 1 amide bonds. The van der Waals surface area contributed by atoms with Crippen molar-refractivity contribution in [2.24, 2.45) is 5.92 Å². The van der Waals surface area contributed by atoms with Gasteiger partial charge >= 0.3 is 0 Å². The molecular weight excluding hydrogens is 394 g/mol. The van der Waals surface area contributed by atoms with Gasteiger partial charge in [-0.05, 0) is 18.9 Å². The number of thiophene rings is 1. The van der Waals surface area contributed by atoms with Gasteiger partial charge in [0.2, 0.25) is 6.41 Å². The van der Waals surface area contributed by atoms with E-state index in [0.29, 0.717) is 12.1 Å². The van der Waals surface area contributed by atoms with Gasteiger partial charge in [-0.2, -0.15) is 0 Å². The molecule has 0 spiro atoms. The Kier molecular flexibility index (Phi) is 24.6. The Balaban J connectivity index is 0. The van der Waals surface area contributed by atoms with E-state index in [0.717, 1.165) is 22.8 Å². The second-order valence-corrected chi connectivity index (χ2v) is 8.24. The van der Waals surface area contributed by atoms with Gasteiger partial charge in [0.25, 0.3) is 0 Å². The Morgan fingerprint density at radius 1 is 1.03 bits per heavy atom. The van der Waals surface area contributed by atoms with E-state index in [1.54, 1.807) is 13.0 Å². The minimum Gasteiger partial charge on any atom is -0.400 e. The van der Waals surface area contributed by atoms with E-state index in [9.17, 15) is 4.79 Å². The Labute approximate surface area is 189 Å². The molecule has 2 fully saturated rings. The highest BCUT2D eigenvalue weighted by atomic mass is 32.1. The molecule has 3 rings (SSSR count). The van der Waals surface area contributed by atoms with E-state index in [-0.39, 0.29) is 6.61 Å². The second kappa shape index (κ2) is 23.9. The first-order chi connectivity index (χ1) is 14.7. The number of aliphatic hydroxyl groups is 2. The largest absolute Gasteiger partial charge is 0.400 e. The molecule has 1 aromatic heterocycles. The molecule has 5 heteroatoms. The van der Waals surface area contributed by atoms with Gasteiger partial charge in [-0.25, -0.2) is 0 Å². The van der Waals surface area contributed by atoms with E-state index in [1.165, 1.54) is 82.0 Å². The fraction of sp³-hybridized carbons (Fsp3) is 0.720. The van der Waals surface area contributed by atoms with Gasteiger partial charge in [0.15, 0.2) is 0 Å². The van der Waals surface area contributed by atoms with Gasteiger partial charge in [-0.1, -0.05) is 97.3 Å². The lowest BCUT2D eigenvalue weighted by molar-refractivity contribution is -0.105. The average molecular weight is 440 g/mol. The van der Waals surface area contributed by atoms with Gasteiger partial charge in [0.05, 0.1) is 22.0 Å². The van der Waals surface area contributed by atoms with Crippen LogP contribution < -0.4 is 5.32 Å². The lowest BCUT2D eigenvalue weighted by atomic mass is 9.91. The number of aliphatic hydroxyl groups excluding tert-OH is 2. The molecule has 2 saturated carbocycles. The van der Waals surface area contributed by atoms with Crippen LogP contribution in [0, 0.1) is 17.8 Å². The van der Waals surface area contributed by atoms with Gasteiger partial charge in [0.1, 0.15) is 0 Å².